The molecule has 2 aliphatic rings. The van der Waals surface area contributed by atoms with Gasteiger partial charge in [-0.05, 0) is 11.6 Å². The van der Waals surface area contributed by atoms with Crippen LogP contribution in [0.2, 0.25) is 0 Å². The Morgan fingerprint density at radius 3 is 2.39 bits per heavy atom. The van der Waals surface area contributed by atoms with E-state index in [-0.39, 0.29) is 18.7 Å². The highest BCUT2D eigenvalue weighted by Gasteiger charge is 2.58. The summed E-state index contributed by atoms with van der Waals surface area (Å²) in [6, 6.07) is 4.39. The molecule has 1 aromatic carbocycles. The van der Waals surface area contributed by atoms with Crippen molar-refractivity contribution >= 4 is 23.3 Å². The van der Waals surface area contributed by atoms with Crippen molar-refractivity contribution in [1.82, 2.24) is 0 Å². The Labute approximate surface area is 132 Å². The van der Waals surface area contributed by atoms with E-state index in [4.69, 9.17) is 9.47 Å². The van der Waals surface area contributed by atoms with Crippen molar-refractivity contribution in [3.63, 3.8) is 0 Å². The van der Waals surface area contributed by atoms with Gasteiger partial charge in [-0.2, -0.15) is 0 Å². The van der Waals surface area contributed by atoms with E-state index in [0.29, 0.717) is 5.56 Å². The molecule has 0 radical (unpaired) electrons. The fourth-order valence-corrected chi connectivity index (χ4v) is 3.09. The molecule has 23 heavy (non-hydrogen) atoms. The summed E-state index contributed by atoms with van der Waals surface area (Å²) in [7, 11) is 1.71. The molecular weight excluding hydrogens is 304 g/mol. The Kier molecular flexibility index (Phi) is 3.10. The van der Waals surface area contributed by atoms with Crippen LogP contribution in [-0.4, -0.2) is 36.2 Å². The van der Waals surface area contributed by atoms with Crippen molar-refractivity contribution in [3.05, 3.63) is 33.9 Å². The van der Waals surface area contributed by atoms with Gasteiger partial charge >= 0.3 is 11.9 Å². The minimum absolute atomic E-state index is 0.0160. The topological polar surface area (TPSA) is 99.0 Å². The maximum Gasteiger partial charge on any atom is 0.328 e. The van der Waals surface area contributed by atoms with Crippen molar-refractivity contribution in [2.45, 2.75) is 26.1 Å². The first-order valence-corrected chi connectivity index (χ1v) is 7.10. The number of benzene rings is 1. The fourth-order valence-electron chi connectivity index (χ4n) is 3.09. The first-order valence-electron chi connectivity index (χ1n) is 7.10. The lowest BCUT2D eigenvalue weighted by molar-refractivity contribution is -0.384. The summed E-state index contributed by atoms with van der Waals surface area (Å²) in [5, 5.41) is 11.0. The van der Waals surface area contributed by atoms with Gasteiger partial charge in [-0.1, -0.05) is 0 Å². The summed E-state index contributed by atoms with van der Waals surface area (Å²) in [5.41, 5.74) is -0.299. The van der Waals surface area contributed by atoms with Gasteiger partial charge in [-0.25, -0.2) is 0 Å². The minimum Gasteiger partial charge on any atom is -0.422 e. The highest BCUT2D eigenvalue weighted by Crippen LogP contribution is 2.42. The monoisotopic (exact) mass is 320 g/mol. The van der Waals surface area contributed by atoms with Gasteiger partial charge < -0.3 is 14.4 Å². The molecule has 8 heteroatoms. The molecule has 0 saturated carbocycles. The molecule has 1 spiro atoms. The highest BCUT2D eigenvalue weighted by molar-refractivity contribution is 6.03. The second-order valence-electron chi connectivity index (χ2n) is 6.36. The summed E-state index contributed by atoms with van der Waals surface area (Å²) in [6.45, 7) is 3.08. The van der Waals surface area contributed by atoms with Gasteiger partial charge in [0, 0.05) is 51.7 Å². The van der Waals surface area contributed by atoms with Crippen LogP contribution in [0.1, 0.15) is 19.4 Å². The van der Waals surface area contributed by atoms with E-state index in [2.05, 4.69) is 0 Å². The van der Waals surface area contributed by atoms with E-state index in [1.807, 2.05) is 0 Å². The predicted molar refractivity (Wildman–Crippen MR) is 78.8 cm³/mol. The maximum atomic E-state index is 12.5. The molecule has 0 aliphatic carbocycles. The molecule has 0 aromatic heterocycles. The largest absolute Gasteiger partial charge is 0.422 e. The number of carbonyl (C=O) groups excluding carboxylic acids is 2. The van der Waals surface area contributed by atoms with Gasteiger partial charge in [0.15, 0.2) is 5.41 Å². The smallest absolute Gasteiger partial charge is 0.328 e. The number of anilines is 1. The van der Waals surface area contributed by atoms with Gasteiger partial charge in [0.05, 0.1) is 4.92 Å². The van der Waals surface area contributed by atoms with Crippen molar-refractivity contribution in [3.8, 4) is 0 Å². The maximum absolute atomic E-state index is 12.5. The zero-order valence-electron chi connectivity index (χ0n) is 13.0. The zero-order chi connectivity index (χ0) is 17.0. The zero-order valence-corrected chi connectivity index (χ0v) is 13.0. The van der Waals surface area contributed by atoms with E-state index < -0.39 is 28.1 Å². The van der Waals surface area contributed by atoms with Crippen LogP contribution in [0.3, 0.4) is 0 Å². The van der Waals surface area contributed by atoms with Crippen molar-refractivity contribution in [1.29, 1.82) is 0 Å². The van der Waals surface area contributed by atoms with Gasteiger partial charge in [0.1, 0.15) is 0 Å². The number of carbonyl (C=O) groups is 2. The number of non-ortho nitro benzene ring substituents is 1. The molecule has 2 heterocycles. The summed E-state index contributed by atoms with van der Waals surface area (Å²) >= 11 is 0. The lowest BCUT2D eigenvalue weighted by Crippen LogP contribution is -2.60. The van der Waals surface area contributed by atoms with Crippen molar-refractivity contribution < 1.29 is 24.0 Å². The van der Waals surface area contributed by atoms with Gasteiger partial charge in [-0.3, -0.25) is 19.7 Å². The summed E-state index contributed by atoms with van der Waals surface area (Å²) in [4.78, 5) is 37.1. The van der Waals surface area contributed by atoms with Crippen LogP contribution in [0.4, 0.5) is 11.4 Å². The first kappa shape index (κ1) is 15.3. The molecule has 122 valence electrons. The van der Waals surface area contributed by atoms with E-state index >= 15 is 0 Å². The molecule has 1 fully saturated rings. The lowest BCUT2D eigenvalue weighted by atomic mass is 9.76. The Balaban J connectivity index is 2.05. The number of ether oxygens (including phenoxy) is 2. The summed E-state index contributed by atoms with van der Waals surface area (Å²) < 4.78 is 10.5. The average Bonchev–Trinajstić information content (AvgIpc) is 2.43. The van der Waals surface area contributed by atoms with E-state index in [1.165, 1.54) is 26.0 Å². The van der Waals surface area contributed by atoms with E-state index in [9.17, 15) is 19.7 Å². The fraction of sp³-hybridized carbons (Fsp3) is 0.467. The van der Waals surface area contributed by atoms with Gasteiger partial charge in [-0.15, -0.1) is 0 Å². The number of rotatable bonds is 1. The molecular formula is C15H16N2O6. The number of nitro benzene ring substituents is 1. The lowest BCUT2D eigenvalue weighted by Gasteiger charge is -2.45. The van der Waals surface area contributed by atoms with Crippen LogP contribution in [0, 0.1) is 15.5 Å². The number of cyclic esters (lactones) is 2. The van der Waals surface area contributed by atoms with Crippen molar-refractivity contribution in [2.24, 2.45) is 5.41 Å². The summed E-state index contributed by atoms with van der Waals surface area (Å²) in [5.74, 6) is -2.63. The van der Waals surface area contributed by atoms with Crippen molar-refractivity contribution in [2.75, 3.05) is 18.5 Å². The number of esters is 2. The van der Waals surface area contributed by atoms with E-state index in [0.717, 1.165) is 5.69 Å². The summed E-state index contributed by atoms with van der Waals surface area (Å²) in [6.07, 6.45) is 0.0160. The minimum atomic E-state index is -1.49. The molecule has 1 aromatic rings. The standard InChI is InChI=1S/C15H16N2O6/c1-14(2)22-12(18)15(13(19)23-14)7-9-6-10(17(20)21)4-5-11(9)16(3)8-15/h4-6H,7-8H2,1-3H3. The molecule has 0 bridgehead atoms. The normalized spacial score (nSPS) is 21.4. The number of hydrogen-bond acceptors (Lipinski definition) is 7. The van der Waals surface area contributed by atoms with Crippen LogP contribution in [0.5, 0.6) is 0 Å². The van der Waals surface area contributed by atoms with Gasteiger partial charge in [0.25, 0.3) is 11.5 Å². The molecule has 0 amide bonds. The van der Waals surface area contributed by atoms with Crippen LogP contribution >= 0.6 is 0 Å². The Morgan fingerprint density at radius 2 is 1.83 bits per heavy atom. The Hall–Kier alpha value is -2.64. The third-order valence-electron chi connectivity index (χ3n) is 4.14. The Bertz CT molecular complexity index is 707. The Morgan fingerprint density at radius 1 is 1.22 bits per heavy atom. The third-order valence-corrected chi connectivity index (χ3v) is 4.14. The SMILES string of the molecule is CN1CC2(Cc3cc([N+](=O)[O-])ccc31)C(=O)OC(C)(C)OC2=O. The molecule has 0 atom stereocenters. The highest BCUT2D eigenvalue weighted by atomic mass is 16.7. The quantitative estimate of drug-likeness (QED) is 0.334. The van der Waals surface area contributed by atoms with E-state index in [1.54, 1.807) is 18.0 Å². The first-order chi connectivity index (χ1) is 10.6. The number of hydrogen-bond donors (Lipinski definition) is 0. The molecule has 2 aliphatic heterocycles. The average molecular weight is 320 g/mol. The van der Waals surface area contributed by atoms with Crippen LogP contribution < -0.4 is 4.90 Å². The third kappa shape index (κ3) is 2.30. The number of fused-ring (bicyclic) bond motifs is 1. The second-order valence-corrected chi connectivity index (χ2v) is 6.36. The molecule has 8 nitrogen and oxygen atoms in total. The predicted octanol–water partition coefficient (Wildman–Crippen LogP) is 1.41. The van der Waals surface area contributed by atoms with Gasteiger partial charge in [0.2, 0.25) is 0 Å². The molecule has 0 N–H and O–H groups in total. The van der Waals surface area contributed by atoms with Crippen LogP contribution in [0.15, 0.2) is 18.2 Å². The van der Waals surface area contributed by atoms with Crippen LogP contribution in [-0.2, 0) is 25.5 Å². The number of nitro groups is 1. The molecule has 0 unspecified atom stereocenters. The molecule has 3 rings (SSSR count). The van der Waals surface area contributed by atoms with Crippen LogP contribution in [0.25, 0.3) is 0 Å². The number of nitrogens with zero attached hydrogens (tertiary/aromatic N) is 2. The second kappa shape index (κ2) is 4.68. The molecule has 1 saturated heterocycles.